The number of anilines is 1. The normalized spacial score (nSPS) is 15.6. The van der Waals surface area contributed by atoms with Gasteiger partial charge in [-0.25, -0.2) is 4.39 Å². The standard InChI is InChI=1S/C23H22ClFN2O/c24-20-8-4-9-21(25)19(20)15-27-13-11-17(12-14-27)23(28)26-22-10-3-6-16-5-1-2-7-18(16)22/h1-10,17H,11-15H2,(H,26,28). The van der Waals surface area contributed by atoms with E-state index in [0.717, 1.165) is 42.4 Å². The van der Waals surface area contributed by atoms with Crippen molar-refractivity contribution in [2.45, 2.75) is 19.4 Å². The van der Waals surface area contributed by atoms with Crippen molar-refractivity contribution in [3.05, 3.63) is 77.1 Å². The molecule has 0 bridgehead atoms. The Morgan fingerprint density at radius 3 is 2.54 bits per heavy atom. The van der Waals surface area contributed by atoms with Crippen LogP contribution in [0.3, 0.4) is 0 Å². The van der Waals surface area contributed by atoms with Crippen molar-refractivity contribution < 1.29 is 9.18 Å². The lowest BCUT2D eigenvalue weighted by Gasteiger charge is -2.31. The Morgan fingerprint density at radius 1 is 1.04 bits per heavy atom. The van der Waals surface area contributed by atoms with Gasteiger partial charge in [0.1, 0.15) is 5.82 Å². The van der Waals surface area contributed by atoms with Crippen LogP contribution in [0.25, 0.3) is 10.8 Å². The largest absolute Gasteiger partial charge is 0.325 e. The average Bonchev–Trinajstić information content (AvgIpc) is 2.71. The second-order valence-electron chi connectivity index (χ2n) is 7.27. The van der Waals surface area contributed by atoms with E-state index >= 15 is 0 Å². The van der Waals surface area contributed by atoms with Crippen LogP contribution in [0.5, 0.6) is 0 Å². The predicted molar refractivity (Wildman–Crippen MR) is 112 cm³/mol. The summed E-state index contributed by atoms with van der Waals surface area (Å²) in [6, 6.07) is 18.7. The minimum atomic E-state index is -0.275. The van der Waals surface area contributed by atoms with Gasteiger partial charge < -0.3 is 5.32 Å². The van der Waals surface area contributed by atoms with E-state index in [2.05, 4.69) is 10.2 Å². The smallest absolute Gasteiger partial charge is 0.227 e. The number of hydrogen-bond acceptors (Lipinski definition) is 2. The zero-order chi connectivity index (χ0) is 19.5. The van der Waals surface area contributed by atoms with E-state index in [1.165, 1.54) is 6.07 Å². The number of nitrogens with zero attached hydrogens (tertiary/aromatic N) is 1. The minimum absolute atomic E-state index is 0.0358. The van der Waals surface area contributed by atoms with Crippen LogP contribution >= 0.6 is 11.6 Å². The molecule has 5 heteroatoms. The maximum atomic E-state index is 14.0. The molecule has 1 aliphatic heterocycles. The fourth-order valence-corrected chi connectivity index (χ4v) is 4.05. The third-order valence-electron chi connectivity index (χ3n) is 5.45. The number of carbonyl (C=O) groups excluding carboxylic acids is 1. The number of carbonyl (C=O) groups is 1. The summed E-state index contributed by atoms with van der Waals surface area (Å²) in [5.74, 6) is -0.255. The van der Waals surface area contributed by atoms with E-state index in [-0.39, 0.29) is 17.6 Å². The number of piperidine rings is 1. The van der Waals surface area contributed by atoms with E-state index in [4.69, 9.17) is 11.6 Å². The summed E-state index contributed by atoms with van der Waals surface area (Å²) in [4.78, 5) is 14.9. The quantitative estimate of drug-likeness (QED) is 0.633. The summed E-state index contributed by atoms with van der Waals surface area (Å²) in [6.45, 7) is 1.97. The van der Waals surface area contributed by atoms with Gasteiger partial charge in [0.25, 0.3) is 0 Å². The van der Waals surface area contributed by atoms with Gasteiger partial charge in [0.2, 0.25) is 5.91 Å². The number of likely N-dealkylation sites (tertiary alicyclic amines) is 1. The number of halogens is 2. The summed E-state index contributed by atoms with van der Waals surface area (Å²) < 4.78 is 14.0. The molecular weight excluding hydrogens is 375 g/mol. The fourth-order valence-electron chi connectivity index (χ4n) is 3.83. The Labute approximate surface area is 169 Å². The molecule has 0 unspecified atom stereocenters. The van der Waals surface area contributed by atoms with Crippen molar-refractivity contribution in [1.29, 1.82) is 0 Å². The minimum Gasteiger partial charge on any atom is -0.325 e. The number of nitrogens with one attached hydrogen (secondary N) is 1. The van der Waals surface area contributed by atoms with Crippen LogP contribution in [0, 0.1) is 11.7 Å². The SMILES string of the molecule is O=C(Nc1cccc2ccccc12)C1CCN(Cc2c(F)cccc2Cl)CC1. The van der Waals surface area contributed by atoms with E-state index in [9.17, 15) is 9.18 Å². The van der Waals surface area contributed by atoms with E-state index < -0.39 is 0 Å². The highest BCUT2D eigenvalue weighted by atomic mass is 35.5. The molecular formula is C23H22ClFN2O. The van der Waals surface area contributed by atoms with E-state index in [1.807, 2.05) is 42.5 Å². The molecule has 1 saturated heterocycles. The van der Waals surface area contributed by atoms with Crippen LogP contribution in [-0.4, -0.2) is 23.9 Å². The van der Waals surface area contributed by atoms with Gasteiger partial charge in [-0.15, -0.1) is 0 Å². The molecule has 0 saturated carbocycles. The number of amides is 1. The number of rotatable bonds is 4. The van der Waals surface area contributed by atoms with Crippen molar-refractivity contribution >= 4 is 34.0 Å². The van der Waals surface area contributed by atoms with Gasteiger partial charge in [0.05, 0.1) is 0 Å². The molecule has 1 aliphatic rings. The number of benzene rings is 3. The van der Waals surface area contributed by atoms with Crippen LogP contribution in [0.4, 0.5) is 10.1 Å². The van der Waals surface area contributed by atoms with Gasteiger partial charge in [-0.3, -0.25) is 9.69 Å². The molecule has 4 rings (SSSR count). The molecule has 144 valence electrons. The van der Waals surface area contributed by atoms with E-state index in [1.54, 1.807) is 12.1 Å². The van der Waals surface area contributed by atoms with Gasteiger partial charge in [0, 0.05) is 34.1 Å². The average molecular weight is 397 g/mol. The maximum Gasteiger partial charge on any atom is 0.227 e. The Bertz CT molecular complexity index is 973. The zero-order valence-electron chi connectivity index (χ0n) is 15.5. The summed E-state index contributed by atoms with van der Waals surface area (Å²) in [5.41, 5.74) is 1.38. The molecule has 1 fully saturated rings. The first kappa shape index (κ1) is 18.9. The van der Waals surface area contributed by atoms with Gasteiger partial charge >= 0.3 is 0 Å². The molecule has 0 aliphatic carbocycles. The highest BCUT2D eigenvalue weighted by molar-refractivity contribution is 6.31. The molecule has 0 aromatic heterocycles. The monoisotopic (exact) mass is 396 g/mol. The Balaban J connectivity index is 1.38. The highest BCUT2D eigenvalue weighted by Crippen LogP contribution is 2.27. The van der Waals surface area contributed by atoms with Crippen LogP contribution in [0.2, 0.25) is 5.02 Å². The Hall–Kier alpha value is -2.43. The summed E-state index contributed by atoms with van der Waals surface area (Å²) >= 11 is 6.14. The molecule has 0 spiro atoms. The van der Waals surface area contributed by atoms with Crippen molar-refractivity contribution in [1.82, 2.24) is 4.90 Å². The second-order valence-corrected chi connectivity index (χ2v) is 7.67. The molecule has 1 N–H and O–H groups in total. The summed E-state index contributed by atoms with van der Waals surface area (Å²) in [7, 11) is 0. The lowest BCUT2D eigenvalue weighted by molar-refractivity contribution is -0.121. The topological polar surface area (TPSA) is 32.3 Å². The van der Waals surface area contributed by atoms with E-state index in [0.29, 0.717) is 17.1 Å². The zero-order valence-corrected chi connectivity index (χ0v) is 16.3. The lowest BCUT2D eigenvalue weighted by atomic mass is 9.95. The Kier molecular flexibility index (Phi) is 5.60. The molecule has 1 amide bonds. The Morgan fingerprint density at radius 2 is 1.75 bits per heavy atom. The van der Waals surface area contributed by atoms with Crippen molar-refractivity contribution in [2.24, 2.45) is 5.92 Å². The van der Waals surface area contributed by atoms with Gasteiger partial charge in [-0.1, -0.05) is 54.1 Å². The van der Waals surface area contributed by atoms with Gasteiger partial charge in [-0.05, 0) is 49.5 Å². The van der Waals surface area contributed by atoms with Crippen LogP contribution in [0.1, 0.15) is 18.4 Å². The lowest BCUT2D eigenvalue weighted by Crippen LogP contribution is -2.38. The van der Waals surface area contributed by atoms with Crippen LogP contribution in [-0.2, 0) is 11.3 Å². The first-order chi connectivity index (χ1) is 13.6. The molecule has 3 aromatic rings. The molecule has 0 atom stereocenters. The number of fused-ring (bicyclic) bond motifs is 1. The predicted octanol–water partition coefficient (Wildman–Crippen LogP) is 5.48. The molecule has 3 aromatic carbocycles. The van der Waals surface area contributed by atoms with Crippen molar-refractivity contribution in [3.8, 4) is 0 Å². The van der Waals surface area contributed by atoms with Gasteiger partial charge in [0.15, 0.2) is 0 Å². The second kappa shape index (κ2) is 8.29. The third-order valence-corrected chi connectivity index (χ3v) is 5.80. The fraction of sp³-hybridized carbons (Fsp3) is 0.261. The first-order valence-electron chi connectivity index (χ1n) is 9.55. The first-order valence-corrected chi connectivity index (χ1v) is 9.93. The molecule has 3 nitrogen and oxygen atoms in total. The highest BCUT2D eigenvalue weighted by Gasteiger charge is 2.26. The molecule has 1 heterocycles. The molecule has 28 heavy (non-hydrogen) atoms. The van der Waals surface area contributed by atoms with Crippen LogP contribution < -0.4 is 5.32 Å². The van der Waals surface area contributed by atoms with Crippen molar-refractivity contribution in [2.75, 3.05) is 18.4 Å². The van der Waals surface area contributed by atoms with Crippen molar-refractivity contribution in [3.63, 3.8) is 0 Å². The summed E-state index contributed by atoms with van der Waals surface area (Å²) in [6.07, 6.45) is 1.51. The maximum absolute atomic E-state index is 14.0. The van der Waals surface area contributed by atoms with Crippen LogP contribution in [0.15, 0.2) is 60.7 Å². The number of hydrogen-bond donors (Lipinski definition) is 1. The molecule has 0 radical (unpaired) electrons. The van der Waals surface area contributed by atoms with Gasteiger partial charge in [-0.2, -0.15) is 0 Å². The third kappa shape index (κ3) is 4.03. The summed E-state index contributed by atoms with van der Waals surface area (Å²) in [5, 5.41) is 5.71.